The fraction of sp³-hybridized carbons (Fsp3) is 0.250. The lowest BCUT2D eigenvalue weighted by Crippen LogP contribution is -2.33. The largest absolute Gasteiger partial charge is 0.372 e. The van der Waals surface area contributed by atoms with Crippen molar-refractivity contribution in [3.05, 3.63) is 65.2 Å². The molecule has 0 heterocycles. The number of sulfonamides is 1. The van der Waals surface area contributed by atoms with E-state index in [1.54, 1.807) is 12.1 Å². The number of aliphatic hydroxyl groups is 1. The van der Waals surface area contributed by atoms with Gasteiger partial charge in [-0.05, 0) is 37.5 Å². The molecule has 5 nitrogen and oxygen atoms in total. The third-order valence-corrected chi connectivity index (χ3v) is 4.54. The van der Waals surface area contributed by atoms with Crippen LogP contribution < -0.4 is 10.9 Å². The Labute approximate surface area is 130 Å². The van der Waals surface area contributed by atoms with Crippen LogP contribution in [0.15, 0.2) is 53.4 Å². The topological polar surface area (TPSA) is 106 Å². The molecule has 1 atom stereocenters. The summed E-state index contributed by atoms with van der Waals surface area (Å²) in [5, 5.41) is 14.5. The number of rotatable bonds is 1. The van der Waals surface area contributed by atoms with Crippen LogP contribution in [0.2, 0.25) is 0 Å². The van der Waals surface area contributed by atoms with Gasteiger partial charge in [-0.2, -0.15) is 0 Å². The van der Waals surface area contributed by atoms with Crippen molar-refractivity contribution in [1.29, 1.82) is 0 Å². The van der Waals surface area contributed by atoms with Crippen molar-refractivity contribution in [2.75, 3.05) is 0 Å². The first kappa shape index (κ1) is 16.6. The molecule has 118 valence electrons. The van der Waals surface area contributed by atoms with E-state index < -0.39 is 15.7 Å². The molecule has 0 bridgehead atoms. The number of fused-ring (bicyclic) bond motifs is 1. The summed E-state index contributed by atoms with van der Waals surface area (Å²) in [7, 11) is -3.52. The van der Waals surface area contributed by atoms with Crippen molar-refractivity contribution < 1.29 is 13.5 Å². The highest BCUT2D eigenvalue weighted by molar-refractivity contribution is 7.89. The molecule has 0 saturated heterocycles. The maximum absolute atomic E-state index is 10.7. The van der Waals surface area contributed by atoms with Gasteiger partial charge in [-0.3, -0.25) is 5.73 Å². The fourth-order valence-corrected chi connectivity index (χ4v) is 2.86. The van der Waals surface area contributed by atoms with Crippen LogP contribution in [0.3, 0.4) is 0 Å². The highest BCUT2D eigenvalue weighted by Crippen LogP contribution is 2.31. The van der Waals surface area contributed by atoms with Gasteiger partial charge in [-0.1, -0.05) is 42.0 Å². The molecule has 0 aromatic heterocycles. The van der Waals surface area contributed by atoms with E-state index in [0.29, 0.717) is 6.42 Å². The summed E-state index contributed by atoms with van der Waals surface area (Å²) >= 11 is 0. The van der Waals surface area contributed by atoms with Crippen LogP contribution in [0.4, 0.5) is 0 Å². The Morgan fingerprint density at radius 2 is 1.68 bits per heavy atom. The summed E-state index contributed by atoms with van der Waals surface area (Å²) in [4.78, 5) is 0.156. The van der Waals surface area contributed by atoms with Crippen molar-refractivity contribution in [2.24, 2.45) is 10.9 Å². The zero-order valence-electron chi connectivity index (χ0n) is 12.4. The molecule has 6 heteroatoms. The number of nitrogens with two attached hydrogens (primary N) is 2. The third-order valence-electron chi connectivity index (χ3n) is 3.61. The van der Waals surface area contributed by atoms with Gasteiger partial charge in [0.05, 0.1) is 4.90 Å². The average Bonchev–Trinajstić information content (AvgIpc) is 2.76. The van der Waals surface area contributed by atoms with Crippen LogP contribution in [0.1, 0.15) is 23.1 Å². The normalized spacial score (nSPS) is 20.0. The van der Waals surface area contributed by atoms with Crippen molar-refractivity contribution in [3.8, 4) is 0 Å². The summed E-state index contributed by atoms with van der Waals surface area (Å²) in [6.45, 7) is 1.88. The van der Waals surface area contributed by atoms with E-state index in [2.05, 4.69) is 0 Å². The third kappa shape index (κ3) is 3.92. The van der Waals surface area contributed by atoms with Crippen molar-refractivity contribution in [2.45, 2.75) is 30.4 Å². The summed E-state index contributed by atoms with van der Waals surface area (Å²) in [6.07, 6.45) is 1.54. The minimum atomic E-state index is -3.52. The number of primary sulfonamides is 1. The molecule has 22 heavy (non-hydrogen) atoms. The molecule has 2 aromatic rings. The Kier molecular flexibility index (Phi) is 4.67. The second-order valence-electron chi connectivity index (χ2n) is 5.44. The van der Waals surface area contributed by atoms with E-state index in [4.69, 9.17) is 10.9 Å². The van der Waals surface area contributed by atoms with E-state index in [1.807, 2.05) is 31.2 Å². The van der Waals surface area contributed by atoms with Crippen molar-refractivity contribution in [1.82, 2.24) is 0 Å². The molecule has 0 saturated carbocycles. The van der Waals surface area contributed by atoms with Gasteiger partial charge < -0.3 is 5.11 Å². The molecule has 1 aliphatic carbocycles. The molecule has 0 unspecified atom stereocenters. The van der Waals surface area contributed by atoms with Gasteiger partial charge in [0.2, 0.25) is 10.0 Å². The van der Waals surface area contributed by atoms with E-state index in [-0.39, 0.29) is 4.90 Å². The molecule has 0 radical (unpaired) electrons. The molecule has 3 rings (SSSR count). The van der Waals surface area contributed by atoms with Crippen LogP contribution in [0.25, 0.3) is 0 Å². The Hall–Kier alpha value is -1.73. The molecule has 1 aliphatic rings. The Morgan fingerprint density at radius 3 is 2.23 bits per heavy atom. The number of aryl methyl sites for hydroxylation is 2. The molecule has 0 spiro atoms. The van der Waals surface area contributed by atoms with Crippen LogP contribution in [-0.4, -0.2) is 13.5 Å². The zero-order valence-corrected chi connectivity index (χ0v) is 13.2. The van der Waals surface area contributed by atoms with Gasteiger partial charge >= 0.3 is 0 Å². The van der Waals surface area contributed by atoms with Gasteiger partial charge in [0.15, 0.2) is 0 Å². The average molecular weight is 320 g/mol. The number of benzene rings is 2. The maximum atomic E-state index is 10.7. The Bertz CT molecular complexity index is 753. The second kappa shape index (κ2) is 6.18. The van der Waals surface area contributed by atoms with Gasteiger partial charge in [0, 0.05) is 5.56 Å². The molecule has 0 fully saturated rings. The molecular weight excluding hydrogens is 300 g/mol. The SMILES string of the molecule is Cc1ccc(S(N)(=O)=O)cc1.N[C@]1(O)CCc2ccccc21. The minimum absolute atomic E-state index is 0.156. The lowest BCUT2D eigenvalue weighted by atomic mass is 10.1. The Balaban J connectivity index is 0.000000160. The highest BCUT2D eigenvalue weighted by atomic mass is 32.2. The van der Waals surface area contributed by atoms with E-state index in [0.717, 1.165) is 17.5 Å². The number of hydrogen-bond acceptors (Lipinski definition) is 4. The highest BCUT2D eigenvalue weighted by Gasteiger charge is 2.31. The quantitative estimate of drug-likeness (QED) is 0.690. The lowest BCUT2D eigenvalue weighted by Gasteiger charge is -2.16. The monoisotopic (exact) mass is 320 g/mol. The minimum Gasteiger partial charge on any atom is -0.372 e. The maximum Gasteiger partial charge on any atom is 0.238 e. The summed E-state index contributed by atoms with van der Waals surface area (Å²) in [6, 6.07) is 14.2. The predicted octanol–water partition coefficient (Wildman–Crippen LogP) is 1.38. The smallest absolute Gasteiger partial charge is 0.238 e. The van der Waals surface area contributed by atoms with Crippen LogP contribution in [-0.2, 0) is 22.2 Å². The fourth-order valence-electron chi connectivity index (χ4n) is 2.35. The standard InChI is InChI=1S/C9H11NO.C7H9NO2S/c10-9(11)6-5-7-3-1-2-4-8(7)9;1-6-2-4-7(5-3-6)11(8,9)10/h1-4,11H,5-6,10H2;2-5H,1H3,(H2,8,9,10)/t9-;/m0./s1. The second-order valence-corrected chi connectivity index (χ2v) is 7.00. The molecule has 0 amide bonds. The Morgan fingerprint density at radius 1 is 1.09 bits per heavy atom. The van der Waals surface area contributed by atoms with E-state index in [9.17, 15) is 13.5 Å². The van der Waals surface area contributed by atoms with Gasteiger partial charge in [-0.15, -0.1) is 0 Å². The predicted molar refractivity (Wildman–Crippen MR) is 85.4 cm³/mol. The molecular formula is C16H20N2O3S. The first-order chi connectivity index (χ1) is 10.2. The van der Waals surface area contributed by atoms with Gasteiger partial charge in [0.1, 0.15) is 5.72 Å². The van der Waals surface area contributed by atoms with Crippen LogP contribution >= 0.6 is 0 Å². The molecule has 5 N–H and O–H groups in total. The van der Waals surface area contributed by atoms with Crippen molar-refractivity contribution in [3.63, 3.8) is 0 Å². The van der Waals surface area contributed by atoms with Gasteiger partial charge in [-0.25, -0.2) is 13.6 Å². The van der Waals surface area contributed by atoms with Crippen LogP contribution in [0, 0.1) is 6.92 Å². The molecule has 0 aliphatic heterocycles. The summed E-state index contributed by atoms with van der Waals surface area (Å²) in [5.74, 6) is 0. The van der Waals surface area contributed by atoms with Crippen molar-refractivity contribution >= 4 is 10.0 Å². The summed E-state index contributed by atoms with van der Waals surface area (Å²) < 4.78 is 21.4. The zero-order chi connectivity index (χ0) is 16.4. The summed E-state index contributed by atoms with van der Waals surface area (Å²) in [5.41, 5.74) is 7.65. The van der Waals surface area contributed by atoms with E-state index in [1.165, 1.54) is 17.7 Å². The molecule has 2 aromatic carbocycles. The van der Waals surface area contributed by atoms with Crippen LogP contribution in [0.5, 0.6) is 0 Å². The first-order valence-corrected chi connectivity index (χ1v) is 8.44. The lowest BCUT2D eigenvalue weighted by molar-refractivity contribution is 0.0458. The number of hydrogen-bond donors (Lipinski definition) is 3. The van der Waals surface area contributed by atoms with E-state index >= 15 is 0 Å². The van der Waals surface area contributed by atoms with Gasteiger partial charge in [0.25, 0.3) is 0 Å². The first-order valence-electron chi connectivity index (χ1n) is 6.89.